The second-order valence-corrected chi connectivity index (χ2v) is 9.18. The summed E-state index contributed by atoms with van der Waals surface area (Å²) in [4.78, 5) is 13.4. The largest absolute Gasteiger partial charge is 0.480 e. The maximum atomic E-state index is 12.7. The van der Waals surface area contributed by atoms with Crippen LogP contribution in [0.4, 0.5) is 0 Å². The molecule has 5 nitrogen and oxygen atoms in total. The summed E-state index contributed by atoms with van der Waals surface area (Å²) < 4.78 is 26.8. The van der Waals surface area contributed by atoms with Gasteiger partial charge >= 0.3 is 5.97 Å². The number of carboxylic acid groups (broad SMARTS) is 1. The van der Waals surface area contributed by atoms with Gasteiger partial charge in [0.1, 0.15) is 10.3 Å². The molecule has 0 saturated heterocycles. The van der Waals surface area contributed by atoms with Crippen LogP contribution in [0.25, 0.3) is 0 Å². The highest BCUT2D eigenvalue weighted by molar-refractivity contribution is 7.91. The first-order valence-electron chi connectivity index (χ1n) is 6.28. The summed E-state index contributed by atoms with van der Waals surface area (Å²) in [6, 6.07) is 3.84. The van der Waals surface area contributed by atoms with Gasteiger partial charge in [-0.2, -0.15) is 4.31 Å². The van der Waals surface area contributed by atoms with Crippen molar-refractivity contribution in [3.8, 4) is 0 Å². The number of hydrogen-bond donors (Lipinski definition) is 1. The number of aryl methyl sites for hydroxylation is 1. The Morgan fingerprint density at radius 1 is 1.38 bits per heavy atom. The third-order valence-electron chi connectivity index (χ3n) is 3.43. The van der Waals surface area contributed by atoms with Gasteiger partial charge < -0.3 is 5.11 Å². The molecule has 1 aliphatic heterocycles. The van der Waals surface area contributed by atoms with Crippen LogP contribution in [0.2, 0.25) is 0 Å². The SMILES string of the molecule is Cc1ccc(S(=O)(=O)N2CCc3sccc3C2C(=O)O)s1. The average molecular weight is 343 g/mol. The van der Waals surface area contributed by atoms with Crippen LogP contribution >= 0.6 is 22.7 Å². The molecule has 1 unspecified atom stereocenters. The van der Waals surface area contributed by atoms with Crippen LogP contribution in [0.3, 0.4) is 0 Å². The first-order valence-corrected chi connectivity index (χ1v) is 9.42. The number of fused-ring (bicyclic) bond motifs is 1. The molecular weight excluding hydrogens is 330 g/mol. The summed E-state index contributed by atoms with van der Waals surface area (Å²) >= 11 is 2.64. The summed E-state index contributed by atoms with van der Waals surface area (Å²) in [5.41, 5.74) is 0.593. The lowest BCUT2D eigenvalue weighted by molar-refractivity contribution is -0.142. The van der Waals surface area contributed by atoms with Gasteiger partial charge in [0.15, 0.2) is 0 Å². The van der Waals surface area contributed by atoms with Crippen molar-refractivity contribution >= 4 is 38.7 Å². The van der Waals surface area contributed by atoms with Gasteiger partial charge in [0, 0.05) is 16.3 Å². The number of carbonyl (C=O) groups is 1. The molecule has 3 heterocycles. The van der Waals surface area contributed by atoms with Crippen LogP contribution in [-0.4, -0.2) is 30.3 Å². The minimum Gasteiger partial charge on any atom is -0.480 e. The molecule has 2 aromatic heterocycles. The summed E-state index contributed by atoms with van der Waals surface area (Å²) in [6.07, 6.45) is 0.556. The Hall–Kier alpha value is -1.22. The van der Waals surface area contributed by atoms with Gasteiger partial charge in [-0.05, 0) is 42.5 Å². The summed E-state index contributed by atoms with van der Waals surface area (Å²) in [7, 11) is -3.78. The van der Waals surface area contributed by atoms with E-state index >= 15 is 0 Å². The third-order valence-corrected chi connectivity index (χ3v) is 7.76. The Labute approximate surface area is 130 Å². The Bertz CT molecular complexity index is 790. The Morgan fingerprint density at radius 2 is 2.14 bits per heavy atom. The normalized spacial score (nSPS) is 19.4. The lowest BCUT2D eigenvalue weighted by Crippen LogP contribution is -2.42. The molecule has 2 aromatic rings. The van der Waals surface area contributed by atoms with Gasteiger partial charge in [-0.25, -0.2) is 8.42 Å². The van der Waals surface area contributed by atoms with E-state index in [2.05, 4.69) is 0 Å². The topological polar surface area (TPSA) is 74.7 Å². The van der Waals surface area contributed by atoms with Crippen molar-refractivity contribution < 1.29 is 18.3 Å². The number of rotatable bonds is 3. The Kier molecular flexibility index (Phi) is 3.64. The van der Waals surface area contributed by atoms with E-state index in [1.165, 1.54) is 28.7 Å². The van der Waals surface area contributed by atoms with Crippen LogP contribution in [0, 0.1) is 6.92 Å². The number of nitrogens with zero attached hydrogens (tertiary/aromatic N) is 1. The van der Waals surface area contributed by atoms with E-state index in [0.29, 0.717) is 12.0 Å². The zero-order chi connectivity index (χ0) is 15.2. The fraction of sp³-hybridized carbons (Fsp3) is 0.308. The zero-order valence-corrected chi connectivity index (χ0v) is 13.6. The van der Waals surface area contributed by atoms with Crippen LogP contribution in [0.15, 0.2) is 27.8 Å². The number of sulfonamides is 1. The van der Waals surface area contributed by atoms with Crippen molar-refractivity contribution in [3.63, 3.8) is 0 Å². The van der Waals surface area contributed by atoms with Gasteiger partial charge in [0.25, 0.3) is 10.0 Å². The highest BCUT2D eigenvalue weighted by atomic mass is 32.2. The standard InChI is InChI=1S/C13H13NO4S3/c1-8-2-3-11(20-8)21(17,18)14-6-4-10-9(5-7-19-10)12(14)13(15)16/h2-3,5,7,12H,4,6H2,1H3,(H,15,16). The first kappa shape index (κ1) is 14.7. The molecule has 0 aliphatic carbocycles. The highest BCUT2D eigenvalue weighted by Gasteiger charge is 2.41. The van der Waals surface area contributed by atoms with Crippen molar-refractivity contribution in [1.82, 2.24) is 4.31 Å². The summed E-state index contributed by atoms with van der Waals surface area (Å²) in [5.74, 6) is -1.13. The molecule has 0 bridgehead atoms. The first-order chi connectivity index (χ1) is 9.91. The maximum Gasteiger partial charge on any atom is 0.326 e. The lowest BCUT2D eigenvalue weighted by Gasteiger charge is -2.31. The van der Waals surface area contributed by atoms with Crippen molar-refractivity contribution in [3.05, 3.63) is 38.9 Å². The molecule has 1 atom stereocenters. The van der Waals surface area contributed by atoms with E-state index in [9.17, 15) is 18.3 Å². The zero-order valence-electron chi connectivity index (χ0n) is 11.1. The molecule has 3 rings (SSSR count). The van der Waals surface area contributed by atoms with Crippen molar-refractivity contribution in [2.24, 2.45) is 0 Å². The Balaban J connectivity index is 2.08. The third kappa shape index (κ3) is 2.42. The molecule has 0 fully saturated rings. The quantitative estimate of drug-likeness (QED) is 0.929. The number of thiophene rings is 2. The van der Waals surface area contributed by atoms with Crippen LogP contribution in [0.5, 0.6) is 0 Å². The fourth-order valence-electron chi connectivity index (χ4n) is 2.47. The molecule has 21 heavy (non-hydrogen) atoms. The summed E-state index contributed by atoms with van der Waals surface area (Å²) in [5, 5.41) is 11.3. The predicted octanol–water partition coefficient (Wildman–Crippen LogP) is 2.49. The van der Waals surface area contributed by atoms with Gasteiger partial charge in [-0.3, -0.25) is 4.79 Å². The van der Waals surface area contributed by atoms with Crippen LogP contribution < -0.4 is 0 Å². The molecule has 0 aromatic carbocycles. The van der Waals surface area contributed by atoms with E-state index in [1.807, 2.05) is 12.3 Å². The van der Waals surface area contributed by atoms with E-state index in [1.54, 1.807) is 12.1 Å². The number of hydrogen-bond acceptors (Lipinski definition) is 5. The maximum absolute atomic E-state index is 12.7. The molecule has 1 aliphatic rings. The minimum atomic E-state index is -3.78. The molecule has 8 heteroatoms. The molecule has 0 saturated carbocycles. The van der Waals surface area contributed by atoms with Crippen LogP contribution in [-0.2, 0) is 21.2 Å². The number of aliphatic carboxylic acids is 1. The average Bonchev–Trinajstić information content (AvgIpc) is 3.05. The van der Waals surface area contributed by atoms with E-state index in [0.717, 1.165) is 14.1 Å². The Morgan fingerprint density at radius 3 is 2.76 bits per heavy atom. The summed E-state index contributed by atoms with van der Waals surface area (Å²) in [6.45, 7) is 2.02. The van der Waals surface area contributed by atoms with Crippen molar-refractivity contribution in [1.29, 1.82) is 0 Å². The van der Waals surface area contributed by atoms with Crippen LogP contribution in [0.1, 0.15) is 21.4 Å². The van der Waals surface area contributed by atoms with E-state index in [-0.39, 0.29) is 10.8 Å². The molecule has 0 spiro atoms. The predicted molar refractivity (Wildman–Crippen MR) is 81.3 cm³/mol. The smallest absolute Gasteiger partial charge is 0.326 e. The second kappa shape index (κ2) is 5.20. The molecule has 112 valence electrons. The molecular formula is C13H13NO4S3. The highest BCUT2D eigenvalue weighted by Crippen LogP contribution is 2.38. The number of carboxylic acids is 1. The van der Waals surface area contributed by atoms with Crippen molar-refractivity contribution in [2.75, 3.05) is 6.54 Å². The van der Waals surface area contributed by atoms with E-state index < -0.39 is 22.0 Å². The van der Waals surface area contributed by atoms with Gasteiger partial charge in [-0.1, -0.05) is 0 Å². The van der Waals surface area contributed by atoms with Crippen molar-refractivity contribution in [2.45, 2.75) is 23.6 Å². The monoisotopic (exact) mass is 343 g/mol. The molecule has 0 amide bonds. The molecule has 0 radical (unpaired) electrons. The van der Waals surface area contributed by atoms with Gasteiger partial charge in [-0.15, -0.1) is 22.7 Å². The molecule has 1 N–H and O–H groups in total. The minimum absolute atomic E-state index is 0.198. The second-order valence-electron chi connectivity index (χ2n) is 4.77. The fourth-order valence-corrected chi connectivity index (χ4v) is 6.35. The van der Waals surface area contributed by atoms with Gasteiger partial charge in [0.05, 0.1) is 0 Å². The van der Waals surface area contributed by atoms with E-state index in [4.69, 9.17) is 0 Å². The van der Waals surface area contributed by atoms with Gasteiger partial charge in [0.2, 0.25) is 0 Å². The lowest BCUT2D eigenvalue weighted by atomic mass is 10.0.